The quantitative estimate of drug-likeness (QED) is 0.307. The Bertz CT molecular complexity index is 1630. The van der Waals surface area contributed by atoms with Crippen LogP contribution >= 0.6 is 35.1 Å². The molecule has 6 rings (SSSR count). The van der Waals surface area contributed by atoms with Crippen LogP contribution in [0.2, 0.25) is 5.02 Å². The summed E-state index contributed by atoms with van der Waals surface area (Å²) in [6.45, 7) is 4.16. The van der Waals surface area contributed by atoms with Crippen LogP contribution in [0.3, 0.4) is 0 Å². The molecule has 1 N–H and O–H groups in total. The largest absolute Gasteiger partial charge is 0.487 e. The number of nitrogens with one attached hydrogen (secondary N) is 1. The van der Waals surface area contributed by atoms with Gasteiger partial charge in [-0.2, -0.15) is 0 Å². The minimum Gasteiger partial charge on any atom is -0.487 e. The van der Waals surface area contributed by atoms with Gasteiger partial charge in [-0.1, -0.05) is 36.7 Å². The van der Waals surface area contributed by atoms with Gasteiger partial charge in [0.05, 0.1) is 15.5 Å². The summed E-state index contributed by atoms with van der Waals surface area (Å²) in [6.07, 6.45) is 11.4. The van der Waals surface area contributed by atoms with E-state index in [4.69, 9.17) is 25.8 Å². The number of fused-ring (bicyclic) bond motifs is 3. The molecular formula is C38H51ClN2O6S3. The van der Waals surface area contributed by atoms with Gasteiger partial charge in [-0.15, -0.1) is 23.5 Å². The predicted molar refractivity (Wildman–Crippen MR) is 206 cm³/mol. The van der Waals surface area contributed by atoms with Crippen LogP contribution in [0.15, 0.2) is 48.6 Å². The zero-order valence-electron chi connectivity index (χ0n) is 29.4. The van der Waals surface area contributed by atoms with E-state index in [1.54, 1.807) is 13.2 Å². The number of methoxy groups -OCH3 is 2. The van der Waals surface area contributed by atoms with Gasteiger partial charge in [-0.05, 0) is 122 Å². The fourth-order valence-electron chi connectivity index (χ4n) is 8.05. The molecule has 12 heteroatoms. The van der Waals surface area contributed by atoms with Crippen molar-refractivity contribution in [2.24, 2.45) is 17.8 Å². The third kappa shape index (κ3) is 8.33. The van der Waals surface area contributed by atoms with E-state index in [2.05, 4.69) is 21.8 Å². The summed E-state index contributed by atoms with van der Waals surface area (Å²) in [4.78, 5) is 16.1. The number of sulfonamides is 1. The molecule has 0 unspecified atom stereocenters. The van der Waals surface area contributed by atoms with E-state index in [1.165, 1.54) is 12.0 Å². The Morgan fingerprint density at radius 2 is 1.88 bits per heavy atom. The molecule has 2 fully saturated rings. The Morgan fingerprint density at radius 3 is 2.62 bits per heavy atom. The Morgan fingerprint density at radius 1 is 1.06 bits per heavy atom. The van der Waals surface area contributed by atoms with Crippen LogP contribution in [-0.2, 0) is 32.5 Å². The standard InChI is InChI=1S/C38H51ClN2O6S3/c1-26-8-6-17-38(46-3,37-48-20-7-21-49-37)32-14-11-29(32)24-41-18-5-4-9-27-22-31(39)13-10-30(27)25-47-34-15-12-28(23-33(34)41)36(42)40-50(43,44)35(26)16-19-45-2/h6,10,12-13,15,17,22-23,26,29,32,35,37H,4-5,7-9,11,14,16,18-21,24-25H2,1-3H3,(H,40,42)/b17-6+/t26-,29-,32+,35+,38+/m0/s1. The normalized spacial score (nSPS) is 30.0. The third-order valence-corrected chi connectivity index (χ3v) is 16.4. The highest BCUT2D eigenvalue weighted by molar-refractivity contribution is 8.17. The first-order chi connectivity index (χ1) is 24.1. The number of aryl methyl sites for hydroxylation is 1. The van der Waals surface area contributed by atoms with Crippen LogP contribution < -0.4 is 14.4 Å². The number of thioether (sulfide) groups is 2. The Labute approximate surface area is 311 Å². The Kier molecular flexibility index (Phi) is 12.8. The molecule has 2 aromatic carbocycles. The van der Waals surface area contributed by atoms with Crippen molar-refractivity contribution in [2.45, 2.75) is 80.3 Å². The molecule has 0 spiro atoms. The molecule has 0 radical (unpaired) electrons. The molecule has 2 aromatic rings. The number of amides is 1. The lowest BCUT2D eigenvalue weighted by atomic mass is 9.64. The van der Waals surface area contributed by atoms with Crippen molar-refractivity contribution in [2.75, 3.05) is 50.3 Å². The number of hydrogen-bond acceptors (Lipinski definition) is 9. The predicted octanol–water partition coefficient (Wildman–Crippen LogP) is 7.73. The molecule has 50 heavy (non-hydrogen) atoms. The van der Waals surface area contributed by atoms with Gasteiger partial charge in [0.25, 0.3) is 5.91 Å². The number of ether oxygens (including phenoxy) is 3. The first kappa shape index (κ1) is 37.9. The van der Waals surface area contributed by atoms with E-state index in [1.807, 2.05) is 67.9 Å². The van der Waals surface area contributed by atoms with Crippen molar-refractivity contribution in [3.63, 3.8) is 0 Å². The molecule has 5 atom stereocenters. The van der Waals surface area contributed by atoms with Gasteiger partial charge in [0.2, 0.25) is 10.0 Å². The third-order valence-electron chi connectivity index (χ3n) is 11.0. The summed E-state index contributed by atoms with van der Waals surface area (Å²) in [6, 6.07) is 11.3. The highest BCUT2D eigenvalue weighted by Crippen LogP contribution is 2.53. The lowest BCUT2D eigenvalue weighted by molar-refractivity contribution is -0.0637. The first-order valence-corrected chi connectivity index (χ1v) is 22.0. The lowest BCUT2D eigenvalue weighted by Gasteiger charge is -2.53. The molecule has 8 nitrogen and oxygen atoms in total. The monoisotopic (exact) mass is 762 g/mol. The summed E-state index contributed by atoms with van der Waals surface area (Å²) in [5.74, 6) is 2.66. The van der Waals surface area contributed by atoms with Crippen LogP contribution in [0, 0.1) is 17.8 Å². The number of rotatable bonds is 5. The molecule has 3 aliphatic heterocycles. The Hall–Kier alpha value is -1.89. The van der Waals surface area contributed by atoms with E-state index in [9.17, 15) is 13.2 Å². The maximum absolute atomic E-state index is 13.9. The number of anilines is 1. The summed E-state index contributed by atoms with van der Waals surface area (Å²) in [5, 5.41) is -0.0976. The summed E-state index contributed by atoms with van der Waals surface area (Å²) in [7, 11) is -0.622. The SMILES string of the molecule is COCC[C@@H]1[C@@H](C)C/C=C/[C@](OC)(C2SCCCS2)[C@@H]2CC[C@H]2CN2CCCCc3cc(Cl)ccc3COc3ccc(cc32)C(=O)NS1(=O)=O. The highest BCUT2D eigenvalue weighted by Gasteiger charge is 2.52. The summed E-state index contributed by atoms with van der Waals surface area (Å²) in [5.41, 5.74) is 2.90. The van der Waals surface area contributed by atoms with Gasteiger partial charge >= 0.3 is 0 Å². The van der Waals surface area contributed by atoms with Crippen molar-refractivity contribution in [1.29, 1.82) is 0 Å². The number of halogens is 1. The van der Waals surface area contributed by atoms with Crippen LogP contribution in [0.25, 0.3) is 0 Å². The molecular weight excluding hydrogens is 712 g/mol. The van der Waals surface area contributed by atoms with Gasteiger partial charge in [0.15, 0.2) is 0 Å². The number of benzene rings is 2. The van der Waals surface area contributed by atoms with Gasteiger partial charge in [-0.3, -0.25) is 4.79 Å². The fraction of sp³-hybridized carbons (Fsp3) is 0.605. The first-order valence-electron chi connectivity index (χ1n) is 17.9. The smallest absolute Gasteiger partial charge is 0.264 e. The lowest BCUT2D eigenvalue weighted by Crippen LogP contribution is -2.55. The summed E-state index contributed by atoms with van der Waals surface area (Å²) < 4.78 is 49.1. The zero-order valence-corrected chi connectivity index (χ0v) is 32.6. The molecule has 3 heterocycles. The molecule has 1 amide bonds. The van der Waals surface area contributed by atoms with Crippen LogP contribution in [0.1, 0.15) is 73.4 Å². The van der Waals surface area contributed by atoms with Crippen molar-refractivity contribution in [3.05, 3.63) is 70.3 Å². The van der Waals surface area contributed by atoms with Gasteiger partial charge in [0, 0.05) is 44.5 Å². The second-order valence-corrected chi connectivity index (χ2v) is 19.2. The number of allylic oxidation sites excluding steroid dienone is 1. The second-order valence-electron chi connectivity index (χ2n) is 14.1. The molecule has 1 saturated carbocycles. The van der Waals surface area contributed by atoms with E-state index in [0.717, 1.165) is 73.0 Å². The number of carbonyl (C=O) groups excluding carboxylic acids is 1. The van der Waals surface area contributed by atoms with Gasteiger partial charge in [-0.25, -0.2) is 13.1 Å². The second kappa shape index (κ2) is 16.8. The molecule has 0 aromatic heterocycles. The maximum Gasteiger partial charge on any atom is 0.264 e. The molecule has 1 aliphatic carbocycles. The molecule has 1 saturated heterocycles. The average Bonchev–Trinajstić information content (AvgIpc) is 3.12. The van der Waals surface area contributed by atoms with E-state index < -0.39 is 26.8 Å². The Balaban J connectivity index is 1.43. The van der Waals surface area contributed by atoms with Crippen molar-refractivity contribution >= 4 is 56.7 Å². The fourth-order valence-corrected chi connectivity index (χ4v) is 13.3. The zero-order chi connectivity index (χ0) is 35.3. The number of nitrogens with zero attached hydrogens (tertiary/aromatic N) is 1. The topological polar surface area (TPSA) is 94.2 Å². The molecule has 2 bridgehead atoms. The minimum absolute atomic E-state index is 0.252. The van der Waals surface area contributed by atoms with Gasteiger partial charge < -0.3 is 19.1 Å². The van der Waals surface area contributed by atoms with E-state index >= 15 is 0 Å². The van der Waals surface area contributed by atoms with Crippen molar-refractivity contribution in [3.8, 4) is 5.75 Å². The summed E-state index contributed by atoms with van der Waals surface area (Å²) >= 11 is 10.4. The van der Waals surface area contributed by atoms with Gasteiger partial charge in [0.1, 0.15) is 18.0 Å². The molecule has 274 valence electrons. The van der Waals surface area contributed by atoms with E-state index in [-0.39, 0.29) is 23.5 Å². The van der Waals surface area contributed by atoms with Crippen LogP contribution in [0.4, 0.5) is 5.69 Å². The minimum atomic E-state index is -4.04. The van der Waals surface area contributed by atoms with Crippen LogP contribution in [-0.4, -0.2) is 75.2 Å². The van der Waals surface area contributed by atoms with Crippen molar-refractivity contribution in [1.82, 2.24) is 4.72 Å². The van der Waals surface area contributed by atoms with Crippen LogP contribution in [0.5, 0.6) is 5.75 Å². The number of hydrogen-bond donors (Lipinski definition) is 1. The average molecular weight is 763 g/mol. The maximum atomic E-state index is 13.9. The van der Waals surface area contributed by atoms with Crippen molar-refractivity contribution < 1.29 is 27.4 Å². The molecule has 4 aliphatic rings. The highest BCUT2D eigenvalue weighted by atomic mass is 35.5. The van der Waals surface area contributed by atoms with E-state index in [0.29, 0.717) is 36.2 Å². The number of carbonyl (C=O) groups is 1.